The lowest BCUT2D eigenvalue weighted by molar-refractivity contribution is -0.128. The highest BCUT2D eigenvalue weighted by atomic mass is 16.5. The molecule has 1 aromatic carbocycles. The van der Waals surface area contributed by atoms with Gasteiger partial charge < -0.3 is 15.2 Å². The molecule has 4 heteroatoms. The molecular weight excluding hydrogens is 266 g/mol. The minimum Gasteiger partial charge on any atom is -0.481 e. The van der Waals surface area contributed by atoms with E-state index in [1.807, 2.05) is 24.3 Å². The first-order valence-corrected chi connectivity index (χ1v) is 7.86. The third-order valence-electron chi connectivity index (χ3n) is 3.96. The molecule has 4 nitrogen and oxygen atoms in total. The highest BCUT2D eigenvalue weighted by Crippen LogP contribution is 2.18. The summed E-state index contributed by atoms with van der Waals surface area (Å²) in [5.74, 6) is 0.643. The fourth-order valence-electron chi connectivity index (χ4n) is 2.69. The topological polar surface area (TPSA) is 58.6 Å². The van der Waals surface area contributed by atoms with E-state index >= 15 is 0 Å². The molecule has 2 rings (SSSR count). The van der Waals surface area contributed by atoms with Gasteiger partial charge in [-0.1, -0.05) is 31.4 Å². The zero-order valence-electron chi connectivity index (χ0n) is 12.7. The van der Waals surface area contributed by atoms with Crippen LogP contribution in [0, 0.1) is 0 Å². The second-order valence-electron chi connectivity index (χ2n) is 5.72. The molecular formula is C17H25NO3. The molecule has 1 saturated carbocycles. The Morgan fingerprint density at radius 3 is 2.57 bits per heavy atom. The molecule has 0 radical (unpaired) electrons. The van der Waals surface area contributed by atoms with Gasteiger partial charge in [0.25, 0.3) is 5.91 Å². The van der Waals surface area contributed by atoms with Crippen LogP contribution in [0.15, 0.2) is 24.3 Å². The van der Waals surface area contributed by atoms with E-state index in [9.17, 15) is 4.79 Å². The molecule has 1 amide bonds. The van der Waals surface area contributed by atoms with Crippen molar-refractivity contribution in [2.75, 3.05) is 6.61 Å². The van der Waals surface area contributed by atoms with Crippen molar-refractivity contribution in [2.45, 2.75) is 57.6 Å². The minimum absolute atomic E-state index is 0.0404. The van der Waals surface area contributed by atoms with E-state index in [-0.39, 0.29) is 12.5 Å². The Hall–Kier alpha value is -1.55. The number of ether oxygens (including phenoxy) is 1. The van der Waals surface area contributed by atoms with Crippen LogP contribution in [-0.2, 0) is 11.2 Å². The monoisotopic (exact) mass is 291 g/mol. The fraction of sp³-hybridized carbons (Fsp3) is 0.588. The molecule has 1 aliphatic rings. The van der Waals surface area contributed by atoms with Crippen LogP contribution in [0.4, 0.5) is 0 Å². The first kappa shape index (κ1) is 15.8. The summed E-state index contributed by atoms with van der Waals surface area (Å²) < 4.78 is 5.68. The minimum atomic E-state index is -0.490. The van der Waals surface area contributed by atoms with E-state index in [4.69, 9.17) is 9.84 Å². The van der Waals surface area contributed by atoms with Gasteiger partial charge in [-0.2, -0.15) is 0 Å². The van der Waals surface area contributed by atoms with Crippen LogP contribution >= 0.6 is 0 Å². The van der Waals surface area contributed by atoms with Crippen LogP contribution in [0.3, 0.4) is 0 Å². The summed E-state index contributed by atoms with van der Waals surface area (Å²) in [6.07, 6.45) is 5.98. The molecule has 0 aromatic heterocycles. The summed E-state index contributed by atoms with van der Waals surface area (Å²) >= 11 is 0. The Morgan fingerprint density at radius 1 is 1.29 bits per heavy atom. The summed E-state index contributed by atoms with van der Waals surface area (Å²) in [5, 5.41) is 12.0. The van der Waals surface area contributed by atoms with Crippen molar-refractivity contribution in [3.63, 3.8) is 0 Å². The Balaban J connectivity index is 1.81. The zero-order valence-corrected chi connectivity index (χ0v) is 12.7. The summed E-state index contributed by atoms with van der Waals surface area (Å²) in [6.45, 7) is 1.92. The van der Waals surface area contributed by atoms with Gasteiger partial charge in [-0.25, -0.2) is 0 Å². The van der Waals surface area contributed by atoms with Gasteiger partial charge in [-0.3, -0.25) is 4.79 Å². The van der Waals surface area contributed by atoms with E-state index in [1.54, 1.807) is 6.92 Å². The normalized spacial score (nSPS) is 17.2. The van der Waals surface area contributed by atoms with Crippen LogP contribution in [0.2, 0.25) is 0 Å². The largest absolute Gasteiger partial charge is 0.481 e. The number of hydrogen-bond acceptors (Lipinski definition) is 3. The standard InChI is InChI=1S/C17H25NO3/c1-13(17(20)18-15-5-3-2-4-6-15)21-16-9-7-14(8-10-16)11-12-19/h7-10,13,15,19H,2-6,11-12H2,1H3,(H,18,20). The summed E-state index contributed by atoms with van der Waals surface area (Å²) in [7, 11) is 0. The number of carbonyl (C=O) groups is 1. The van der Waals surface area contributed by atoms with Crippen molar-refractivity contribution in [2.24, 2.45) is 0 Å². The molecule has 0 saturated heterocycles. The van der Waals surface area contributed by atoms with Crippen molar-refractivity contribution in [1.29, 1.82) is 0 Å². The first-order valence-electron chi connectivity index (χ1n) is 7.86. The lowest BCUT2D eigenvalue weighted by atomic mass is 9.95. The lowest BCUT2D eigenvalue weighted by Crippen LogP contribution is -2.43. The quantitative estimate of drug-likeness (QED) is 0.846. The van der Waals surface area contributed by atoms with Gasteiger partial charge in [0.05, 0.1) is 0 Å². The van der Waals surface area contributed by atoms with Gasteiger partial charge in [0, 0.05) is 12.6 Å². The van der Waals surface area contributed by atoms with E-state index in [1.165, 1.54) is 19.3 Å². The van der Waals surface area contributed by atoms with Crippen LogP contribution in [0.5, 0.6) is 5.75 Å². The molecule has 1 fully saturated rings. The van der Waals surface area contributed by atoms with Crippen LogP contribution in [-0.4, -0.2) is 29.8 Å². The van der Waals surface area contributed by atoms with Crippen LogP contribution in [0.25, 0.3) is 0 Å². The smallest absolute Gasteiger partial charge is 0.260 e. The van der Waals surface area contributed by atoms with Gasteiger partial charge in [-0.05, 0) is 43.9 Å². The molecule has 0 spiro atoms. The molecule has 0 bridgehead atoms. The van der Waals surface area contributed by atoms with Crippen molar-refractivity contribution < 1.29 is 14.6 Å². The number of carbonyl (C=O) groups excluding carboxylic acids is 1. The summed E-state index contributed by atoms with van der Waals surface area (Å²) in [6, 6.07) is 7.82. The van der Waals surface area contributed by atoms with Crippen LogP contribution < -0.4 is 10.1 Å². The molecule has 1 unspecified atom stereocenters. The number of amides is 1. The van der Waals surface area contributed by atoms with E-state index in [2.05, 4.69) is 5.32 Å². The highest BCUT2D eigenvalue weighted by molar-refractivity contribution is 5.81. The maximum Gasteiger partial charge on any atom is 0.260 e. The molecule has 1 aromatic rings. The maximum atomic E-state index is 12.1. The van der Waals surface area contributed by atoms with E-state index in [0.29, 0.717) is 18.2 Å². The molecule has 1 atom stereocenters. The second-order valence-corrected chi connectivity index (χ2v) is 5.72. The van der Waals surface area contributed by atoms with Gasteiger partial charge in [0.15, 0.2) is 6.10 Å². The van der Waals surface area contributed by atoms with Gasteiger partial charge in [-0.15, -0.1) is 0 Å². The summed E-state index contributed by atoms with van der Waals surface area (Å²) in [5.41, 5.74) is 1.06. The van der Waals surface area contributed by atoms with E-state index < -0.39 is 6.10 Å². The number of aliphatic hydroxyl groups is 1. The number of aliphatic hydroxyl groups excluding tert-OH is 1. The maximum absolute atomic E-state index is 12.1. The van der Waals surface area contributed by atoms with Gasteiger partial charge in [0.2, 0.25) is 0 Å². The third-order valence-corrected chi connectivity index (χ3v) is 3.96. The number of benzene rings is 1. The van der Waals surface area contributed by atoms with E-state index in [0.717, 1.165) is 18.4 Å². The average molecular weight is 291 g/mol. The third kappa shape index (κ3) is 5.05. The Kier molecular flexibility index (Phi) is 6.05. The average Bonchev–Trinajstić information content (AvgIpc) is 2.50. The predicted molar refractivity (Wildman–Crippen MR) is 82.3 cm³/mol. The molecule has 116 valence electrons. The first-order chi connectivity index (χ1) is 10.2. The number of hydrogen-bond donors (Lipinski definition) is 2. The van der Waals surface area contributed by atoms with Crippen molar-refractivity contribution in [1.82, 2.24) is 5.32 Å². The number of nitrogens with one attached hydrogen (secondary N) is 1. The van der Waals surface area contributed by atoms with Crippen molar-refractivity contribution in [3.05, 3.63) is 29.8 Å². The SMILES string of the molecule is CC(Oc1ccc(CCO)cc1)C(=O)NC1CCCCC1. The Morgan fingerprint density at radius 2 is 1.95 bits per heavy atom. The number of rotatable bonds is 6. The van der Waals surface area contributed by atoms with Gasteiger partial charge >= 0.3 is 0 Å². The van der Waals surface area contributed by atoms with Crippen molar-refractivity contribution >= 4 is 5.91 Å². The zero-order chi connectivity index (χ0) is 15.1. The predicted octanol–water partition coefficient (Wildman–Crippen LogP) is 2.44. The molecule has 0 heterocycles. The Bertz CT molecular complexity index is 438. The highest BCUT2D eigenvalue weighted by Gasteiger charge is 2.20. The molecule has 1 aliphatic carbocycles. The fourth-order valence-corrected chi connectivity index (χ4v) is 2.69. The van der Waals surface area contributed by atoms with Crippen molar-refractivity contribution in [3.8, 4) is 5.75 Å². The molecule has 21 heavy (non-hydrogen) atoms. The van der Waals surface area contributed by atoms with Crippen LogP contribution in [0.1, 0.15) is 44.6 Å². The molecule has 2 N–H and O–H groups in total. The Labute approximate surface area is 126 Å². The summed E-state index contributed by atoms with van der Waals surface area (Å²) in [4.78, 5) is 12.1. The van der Waals surface area contributed by atoms with Gasteiger partial charge in [0.1, 0.15) is 5.75 Å². The second kappa shape index (κ2) is 8.03. The molecule has 0 aliphatic heterocycles. The lowest BCUT2D eigenvalue weighted by Gasteiger charge is -2.24.